The van der Waals surface area contributed by atoms with E-state index in [4.69, 9.17) is 4.74 Å². The average molecular weight is 473 g/mol. The van der Waals surface area contributed by atoms with Crippen LogP contribution in [0.15, 0.2) is 55.1 Å². The summed E-state index contributed by atoms with van der Waals surface area (Å²) in [6.07, 6.45) is 0.659. The van der Waals surface area contributed by atoms with Gasteiger partial charge >= 0.3 is 12.1 Å². The zero-order valence-corrected chi connectivity index (χ0v) is 18.5. The van der Waals surface area contributed by atoms with Gasteiger partial charge in [-0.15, -0.1) is 5.10 Å². The Hall–Kier alpha value is -3.73. The van der Waals surface area contributed by atoms with Crippen LogP contribution in [0, 0.1) is 0 Å². The van der Waals surface area contributed by atoms with E-state index >= 15 is 0 Å². The van der Waals surface area contributed by atoms with Gasteiger partial charge in [0, 0.05) is 29.7 Å². The smallest absolute Gasteiger partial charge is 0.423 e. The first-order chi connectivity index (χ1) is 16.2. The standard InChI is InChI=1S/C23H22F3N5O3/c1-3-22(33,23(24,25)26)19-14-30(29-28-19)13-15-7-9-31-17(10-15)11-18(21(32)34-4-2)20(31)16-6-5-8-27-12-16/h5-12,14,33H,3-4,13H2,1-2H3. The van der Waals surface area contributed by atoms with Gasteiger partial charge in [0.25, 0.3) is 0 Å². The summed E-state index contributed by atoms with van der Waals surface area (Å²) < 4.78 is 48.2. The van der Waals surface area contributed by atoms with Crippen LogP contribution in [-0.2, 0) is 16.9 Å². The number of aliphatic hydroxyl groups is 1. The van der Waals surface area contributed by atoms with E-state index in [0.29, 0.717) is 22.3 Å². The van der Waals surface area contributed by atoms with Crippen molar-refractivity contribution < 1.29 is 27.8 Å². The average Bonchev–Trinajstić information content (AvgIpc) is 3.43. The summed E-state index contributed by atoms with van der Waals surface area (Å²) in [5, 5.41) is 17.4. The quantitative estimate of drug-likeness (QED) is 0.408. The van der Waals surface area contributed by atoms with E-state index in [9.17, 15) is 23.1 Å². The molecular weight excluding hydrogens is 451 g/mol. The Balaban J connectivity index is 1.70. The Morgan fingerprint density at radius 1 is 1.21 bits per heavy atom. The van der Waals surface area contributed by atoms with Crippen LogP contribution in [0.3, 0.4) is 0 Å². The summed E-state index contributed by atoms with van der Waals surface area (Å²) in [7, 11) is 0. The second kappa shape index (κ2) is 8.90. The third kappa shape index (κ3) is 4.14. The molecule has 34 heavy (non-hydrogen) atoms. The molecule has 0 amide bonds. The molecule has 0 radical (unpaired) electrons. The van der Waals surface area contributed by atoms with Gasteiger partial charge < -0.3 is 14.2 Å². The first-order valence-electron chi connectivity index (χ1n) is 10.6. The topological polar surface area (TPSA) is 94.5 Å². The normalized spacial score (nSPS) is 13.7. The number of aromatic nitrogens is 5. The van der Waals surface area contributed by atoms with E-state index in [-0.39, 0.29) is 13.2 Å². The largest absolute Gasteiger partial charge is 0.462 e. The van der Waals surface area contributed by atoms with Crippen molar-refractivity contribution in [1.29, 1.82) is 0 Å². The minimum atomic E-state index is -4.88. The Bertz CT molecular complexity index is 1320. The number of nitrogens with zero attached hydrogens (tertiary/aromatic N) is 5. The zero-order chi connectivity index (χ0) is 24.5. The molecule has 11 heteroatoms. The molecule has 4 rings (SSSR count). The number of hydrogen-bond donors (Lipinski definition) is 1. The van der Waals surface area contributed by atoms with E-state index in [1.165, 1.54) is 11.6 Å². The van der Waals surface area contributed by atoms with Gasteiger partial charge in [-0.3, -0.25) is 4.98 Å². The molecule has 0 saturated carbocycles. The maximum absolute atomic E-state index is 13.3. The van der Waals surface area contributed by atoms with Crippen molar-refractivity contribution in [2.24, 2.45) is 0 Å². The molecule has 0 fully saturated rings. The van der Waals surface area contributed by atoms with Crippen LogP contribution in [0.25, 0.3) is 16.8 Å². The number of ether oxygens (including phenoxy) is 1. The minimum Gasteiger partial charge on any atom is -0.462 e. The lowest BCUT2D eigenvalue weighted by molar-refractivity contribution is -0.269. The highest BCUT2D eigenvalue weighted by atomic mass is 19.4. The Morgan fingerprint density at radius 3 is 2.65 bits per heavy atom. The predicted octanol–water partition coefficient (Wildman–Crippen LogP) is 3.98. The molecule has 1 atom stereocenters. The molecule has 4 aromatic heterocycles. The second-order valence-corrected chi connectivity index (χ2v) is 7.71. The highest BCUT2D eigenvalue weighted by molar-refractivity contribution is 5.99. The van der Waals surface area contributed by atoms with Crippen LogP contribution in [0.5, 0.6) is 0 Å². The van der Waals surface area contributed by atoms with Gasteiger partial charge in [-0.1, -0.05) is 12.1 Å². The Kier molecular flexibility index (Phi) is 6.13. The van der Waals surface area contributed by atoms with Crippen LogP contribution < -0.4 is 0 Å². The summed E-state index contributed by atoms with van der Waals surface area (Å²) in [6.45, 7) is 3.29. The molecule has 178 valence electrons. The van der Waals surface area contributed by atoms with Gasteiger partial charge in [0.05, 0.1) is 30.6 Å². The van der Waals surface area contributed by atoms with Crippen molar-refractivity contribution in [3.63, 3.8) is 0 Å². The van der Waals surface area contributed by atoms with Gasteiger partial charge in [0.1, 0.15) is 5.69 Å². The zero-order valence-electron chi connectivity index (χ0n) is 18.5. The number of carbonyl (C=O) groups is 1. The summed E-state index contributed by atoms with van der Waals surface area (Å²) >= 11 is 0. The molecule has 0 saturated heterocycles. The number of esters is 1. The van der Waals surface area contributed by atoms with Gasteiger partial charge in [-0.05, 0) is 49.2 Å². The van der Waals surface area contributed by atoms with Crippen LogP contribution in [0.1, 0.15) is 41.9 Å². The van der Waals surface area contributed by atoms with Gasteiger partial charge in [-0.25, -0.2) is 9.48 Å². The highest BCUT2D eigenvalue weighted by Gasteiger charge is 2.55. The van der Waals surface area contributed by atoms with E-state index in [1.807, 2.05) is 10.5 Å². The second-order valence-electron chi connectivity index (χ2n) is 7.71. The molecule has 0 aliphatic rings. The molecule has 0 aliphatic carbocycles. The lowest BCUT2D eigenvalue weighted by atomic mass is 9.96. The molecule has 8 nitrogen and oxygen atoms in total. The number of rotatable bonds is 7. The molecule has 0 aromatic carbocycles. The fourth-order valence-corrected chi connectivity index (χ4v) is 3.76. The predicted molar refractivity (Wildman–Crippen MR) is 116 cm³/mol. The van der Waals surface area contributed by atoms with Gasteiger partial charge in [-0.2, -0.15) is 13.2 Å². The van der Waals surface area contributed by atoms with Crippen molar-refractivity contribution in [2.75, 3.05) is 6.61 Å². The number of hydrogen-bond acceptors (Lipinski definition) is 6. The van der Waals surface area contributed by atoms with Gasteiger partial charge in [0.2, 0.25) is 5.60 Å². The molecular formula is C23H22F3N5O3. The molecule has 1 N–H and O–H groups in total. The lowest BCUT2D eigenvalue weighted by Gasteiger charge is -2.26. The molecule has 0 spiro atoms. The highest BCUT2D eigenvalue weighted by Crippen LogP contribution is 2.40. The summed E-state index contributed by atoms with van der Waals surface area (Å²) in [5.74, 6) is -0.474. The van der Waals surface area contributed by atoms with E-state index in [2.05, 4.69) is 15.3 Å². The third-order valence-corrected chi connectivity index (χ3v) is 5.56. The number of carbonyl (C=O) groups excluding carboxylic acids is 1. The van der Waals surface area contributed by atoms with Gasteiger partial charge in [0.15, 0.2) is 0 Å². The fourth-order valence-electron chi connectivity index (χ4n) is 3.76. The maximum atomic E-state index is 13.3. The first kappa shape index (κ1) is 23.4. The van der Waals surface area contributed by atoms with Crippen molar-refractivity contribution in [3.05, 3.63) is 71.9 Å². The van der Waals surface area contributed by atoms with Crippen molar-refractivity contribution in [3.8, 4) is 11.3 Å². The van der Waals surface area contributed by atoms with E-state index in [1.54, 1.807) is 49.8 Å². The van der Waals surface area contributed by atoms with Crippen LogP contribution in [0.4, 0.5) is 13.2 Å². The molecule has 1 unspecified atom stereocenters. The van der Waals surface area contributed by atoms with Crippen LogP contribution in [-0.4, -0.2) is 48.2 Å². The number of fused-ring (bicyclic) bond motifs is 1. The molecule has 0 aliphatic heterocycles. The molecule has 0 bridgehead atoms. The SMILES string of the molecule is CCOC(=O)c1cc2cc(Cn3cc(C(O)(CC)C(F)(F)F)nn3)ccn2c1-c1cccnc1. The minimum absolute atomic E-state index is 0.114. The van der Waals surface area contributed by atoms with Crippen molar-refractivity contribution in [2.45, 2.75) is 38.6 Å². The number of halogens is 3. The summed E-state index contributed by atoms with van der Waals surface area (Å²) in [6, 6.07) is 8.84. The monoisotopic (exact) mass is 473 g/mol. The van der Waals surface area contributed by atoms with Crippen molar-refractivity contribution >= 4 is 11.5 Å². The van der Waals surface area contributed by atoms with E-state index in [0.717, 1.165) is 11.8 Å². The van der Waals surface area contributed by atoms with E-state index < -0.39 is 29.9 Å². The summed E-state index contributed by atoms with van der Waals surface area (Å²) in [4.78, 5) is 16.7. The van der Waals surface area contributed by atoms with Crippen LogP contribution >= 0.6 is 0 Å². The van der Waals surface area contributed by atoms with Crippen molar-refractivity contribution in [1.82, 2.24) is 24.4 Å². The Labute approximate surface area is 192 Å². The first-order valence-corrected chi connectivity index (χ1v) is 10.6. The lowest BCUT2D eigenvalue weighted by Crippen LogP contribution is -2.42. The maximum Gasteiger partial charge on any atom is 0.423 e. The third-order valence-electron chi connectivity index (χ3n) is 5.56. The number of alkyl halides is 3. The molecule has 4 heterocycles. The fraction of sp³-hybridized carbons (Fsp3) is 0.304. The molecule has 4 aromatic rings. The number of pyridine rings is 2. The van der Waals surface area contributed by atoms with Crippen LogP contribution in [0.2, 0.25) is 0 Å². The Morgan fingerprint density at radius 2 is 2.00 bits per heavy atom. The summed E-state index contributed by atoms with van der Waals surface area (Å²) in [5.41, 5.74) is -0.520.